The molecule has 45 heavy (non-hydrogen) atoms. The first-order chi connectivity index (χ1) is 21.0. The normalized spacial score (nSPS) is 25.0. The number of sulfonamides is 1. The van der Waals surface area contributed by atoms with E-state index in [0.29, 0.717) is 47.3 Å². The van der Waals surface area contributed by atoms with Crippen LogP contribution in [0.15, 0.2) is 36.4 Å². The third kappa shape index (κ3) is 7.04. The van der Waals surface area contributed by atoms with Crippen LogP contribution in [0.1, 0.15) is 96.6 Å². The molecule has 1 heterocycles. The fraction of sp³-hybridized carbons (Fsp3) is 0.588. The van der Waals surface area contributed by atoms with E-state index in [1.165, 1.54) is 13.0 Å². The van der Waals surface area contributed by atoms with E-state index in [-0.39, 0.29) is 42.6 Å². The Balaban J connectivity index is 1.42. The number of rotatable bonds is 10. The van der Waals surface area contributed by atoms with Crippen molar-refractivity contribution in [3.63, 3.8) is 0 Å². The summed E-state index contributed by atoms with van der Waals surface area (Å²) in [4.78, 5) is 26.1. The maximum absolute atomic E-state index is 15.4. The SMILES string of the molecule is CCS(=O)(=O)NC(=O)C(C)(C)c1ccc(O[C@@H]2CC[C@@H](NC(=O)[C@@]3(F)CNC(C)(C)C3)C2)c(-c2cccc(F)c2C2CCC2)c1. The molecule has 8 nitrogen and oxygen atoms in total. The van der Waals surface area contributed by atoms with Crippen LogP contribution in [0.4, 0.5) is 8.78 Å². The van der Waals surface area contributed by atoms with Crippen LogP contribution in [0.5, 0.6) is 5.75 Å². The third-order valence-corrected chi connectivity index (χ3v) is 11.0. The molecule has 2 aromatic rings. The molecule has 0 spiro atoms. The lowest BCUT2D eigenvalue weighted by Gasteiger charge is -2.30. The number of alkyl halides is 1. The van der Waals surface area contributed by atoms with Gasteiger partial charge in [0.1, 0.15) is 17.7 Å². The number of halogens is 2. The topological polar surface area (TPSA) is 114 Å². The number of carbonyl (C=O) groups is 2. The zero-order valence-electron chi connectivity index (χ0n) is 26.8. The zero-order valence-corrected chi connectivity index (χ0v) is 27.6. The van der Waals surface area contributed by atoms with Gasteiger partial charge in [-0.3, -0.25) is 14.3 Å². The molecule has 3 N–H and O–H groups in total. The maximum atomic E-state index is 15.4. The van der Waals surface area contributed by atoms with Gasteiger partial charge in [0.05, 0.1) is 11.2 Å². The second kappa shape index (κ2) is 12.3. The van der Waals surface area contributed by atoms with Crippen molar-refractivity contribution in [1.82, 2.24) is 15.4 Å². The molecule has 0 aromatic heterocycles. The summed E-state index contributed by atoms with van der Waals surface area (Å²) in [6.45, 7) is 8.48. The van der Waals surface area contributed by atoms with Crippen molar-refractivity contribution in [2.45, 2.75) is 114 Å². The lowest BCUT2D eigenvalue weighted by atomic mass is 9.76. The molecule has 2 saturated carbocycles. The number of ether oxygens (including phenoxy) is 1. The van der Waals surface area contributed by atoms with Crippen LogP contribution in [-0.2, 0) is 25.0 Å². The lowest BCUT2D eigenvalue weighted by molar-refractivity contribution is -0.132. The van der Waals surface area contributed by atoms with Crippen molar-refractivity contribution in [2.24, 2.45) is 0 Å². The monoisotopic (exact) mass is 645 g/mol. The van der Waals surface area contributed by atoms with E-state index in [9.17, 15) is 18.0 Å². The van der Waals surface area contributed by atoms with E-state index >= 15 is 8.78 Å². The minimum Gasteiger partial charge on any atom is -0.490 e. The van der Waals surface area contributed by atoms with E-state index in [1.807, 2.05) is 19.9 Å². The van der Waals surface area contributed by atoms with Crippen LogP contribution >= 0.6 is 0 Å². The average molecular weight is 646 g/mol. The summed E-state index contributed by atoms with van der Waals surface area (Å²) >= 11 is 0. The Hall–Kier alpha value is -3.05. The first kappa shape index (κ1) is 33.3. The van der Waals surface area contributed by atoms with E-state index in [4.69, 9.17) is 4.74 Å². The molecule has 0 bridgehead atoms. The van der Waals surface area contributed by atoms with Crippen molar-refractivity contribution < 1.29 is 31.5 Å². The fourth-order valence-corrected chi connectivity index (χ4v) is 7.31. The summed E-state index contributed by atoms with van der Waals surface area (Å²) in [5.41, 5.74) is -1.19. The summed E-state index contributed by atoms with van der Waals surface area (Å²) < 4.78 is 63.8. The highest BCUT2D eigenvalue weighted by molar-refractivity contribution is 7.90. The number of carbonyl (C=O) groups excluding carboxylic acids is 2. The highest BCUT2D eigenvalue weighted by atomic mass is 32.2. The summed E-state index contributed by atoms with van der Waals surface area (Å²) in [7, 11) is -3.78. The predicted molar refractivity (Wildman–Crippen MR) is 170 cm³/mol. The van der Waals surface area contributed by atoms with Gasteiger partial charge in [0.2, 0.25) is 21.6 Å². The van der Waals surface area contributed by atoms with E-state index in [0.717, 1.165) is 19.3 Å². The van der Waals surface area contributed by atoms with Crippen LogP contribution in [0.2, 0.25) is 0 Å². The maximum Gasteiger partial charge on any atom is 0.259 e. The first-order valence-electron chi connectivity index (χ1n) is 15.9. The van der Waals surface area contributed by atoms with Gasteiger partial charge < -0.3 is 15.4 Å². The highest BCUT2D eigenvalue weighted by Crippen LogP contribution is 2.46. The van der Waals surface area contributed by atoms with Gasteiger partial charge in [-0.1, -0.05) is 24.6 Å². The molecule has 0 unspecified atom stereocenters. The van der Waals surface area contributed by atoms with Gasteiger partial charge in [0, 0.05) is 36.5 Å². The summed E-state index contributed by atoms with van der Waals surface area (Å²) in [5, 5.41) is 5.97. The number of hydrogen-bond acceptors (Lipinski definition) is 6. The molecular formula is C34H45F2N3O5S. The van der Waals surface area contributed by atoms with Gasteiger partial charge in [0.25, 0.3) is 5.91 Å². The quantitative estimate of drug-likeness (QED) is 0.319. The van der Waals surface area contributed by atoms with Crippen LogP contribution in [0, 0.1) is 5.82 Å². The van der Waals surface area contributed by atoms with Crippen molar-refractivity contribution in [1.29, 1.82) is 0 Å². The van der Waals surface area contributed by atoms with E-state index in [1.54, 1.807) is 38.1 Å². The minimum absolute atomic E-state index is 0.0239. The van der Waals surface area contributed by atoms with Crippen molar-refractivity contribution in [3.05, 3.63) is 53.3 Å². The molecule has 2 aromatic carbocycles. The van der Waals surface area contributed by atoms with Crippen molar-refractivity contribution >= 4 is 21.8 Å². The molecule has 2 amide bonds. The van der Waals surface area contributed by atoms with E-state index < -0.39 is 38.5 Å². The van der Waals surface area contributed by atoms with Crippen LogP contribution in [0.3, 0.4) is 0 Å². The molecule has 0 radical (unpaired) electrons. The third-order valence-electron chi connectivity index (χ3n) is 9.74. The van der Waals surface area contributed by atoms with Gasteiger partial charge >= 0.3 is 0 Å². The number of benzene rings is 2. The minimum atomic E-state index is -3.78. The average Bonchev–Trinajstić information content (AvgIpc) is 3.51. The van der Waals surface area contributed by atoms with Gasteiger partial charge in [0.15, 0.2) is 0 Å². The number of hydrogen-bond donors (Lipinski definition) is 3. The smallest absolute Gasteiger partial charge is 0.259 e. The number of amides is 2. The molecule has 3 aliphatic rings. The zero-order chi connectivity index (χ0) is 32.8. The summed E-state index contributed by atoms with van der Waals surface area (Å²) in [6, 6.07) is 9.99. The molecule has 3 atom stereocenters. The Bertz CT molecular complexity index is 1570. The molecule has 246 valence electrons. The molecule has 1 saturated heterocycles. The molecule has 1 aliphatic heterocycles. The summed E-state index contributed by atoms with van der Waals surface area (Å²) in [5.74, 6) is -1.23. The second-order valence-corrected chi connectivity index (χ2v) is 16.1. The van der Waals surface area contributed by atoms with Gasteiger partial charge in [-0.15, -0.1) is 0 Å². The van der Waals surface area contributed by atoms with Crippen LogP contribution < -0.4 is 20.1 Å². The van der Waals surface area contributed by atoms with Gasteiger partial charge in [-0.2, -0.15) is 0 Å². The van der Waals surface area contributed by atoms with Crippen molar-refractivity contribution in [3.8, 4) is 16.9 Å². The van der Waals surface area contributed by atoms with Crippen LogP contribution in [-0.4, -0.2) is 55.9 Å². The van der Waals surface area contributed by atoms with Crippen LogP contribution in [0.25, 0.3) is 11.1 Å². The Labute approximate surface area is 265 Å². The largest absolute Gasteiger partial charge is 0.490 e. The Morgan fingerprint density at radius 3 is 2.44 bits per heavy atom. The molecule has 3 fully saturated rings. The van der Waals surface area contributed by atoms with Crippen molar-refractivity contribution in [2.75, 3.05) is 12.3 Å². The Morgan fingerprint density at radius 2 is 1.82 bits per heavy atom. The first-order valence-corrected chi connectivity index (χ1v) is 17.6. The number of nitrogens with one attached hydrogen (secondary N) is 3. The summed E-state index contributed by atoms with van der Waals surface area (Å²) in [6.07, 6.45) is 4.34. The molecule has 2 aliphatic carbocycles. The molecule has 5 rings (SSSR count). The van der Waals surface area contributed by atoms with E-state index in [2.05, 4.69) is 15.4 Å². The fourth-order valence-electron chi connectivity index (χ4n) is 6.63. The standard InChI is InChI=1S/C34H45F2N3O5S/c1-6-45(42,43)39-30(40)33(4,5)22-13-16-28(26(17-22)25-11-8-12-27(35)29(25)21-9-7-10-21)44-24-15-14-23(18-24)38-31(41)34(36)19-32(2,3)37-20-34/h8,11-13,16-17,21,23-24,37H,6-7,9-10,14-15,18-20H2,1-5H3,(H,38,41)(H,39,40)/t23-,24-,34+/m1/s1. The Morgan fingerprint density at radius 1 is 1.09 bits per heavy atom. The highest BCUT2D eigenvalue weighted by Gasteiger charge is 2.50. The second-order valence-electron chi connectivity index (χ2n) is 14.1. The predicted octanol–water partition coefficient (Wildman–Crippen LogP) is 5.40. The lowest BCUT2D eigenvalue weighted by Crippen LogP contribution is -2.48. The van der Waals surface area contributed by atoms with Gasteiger partial charge in [-0.25, -0.2) is 17.2 Å². The molecular weight excluding hydrogens is 600 g/mol. The molecule has 11 heteroatoms. The van der Waals surface area contributed by atoms with Gasteiger partial charge in [-0.05, 0) is 101 Å². The Kier molecular flexibility index (Phi) is 9.09.